The number of fused-ring (bicyclic) bond motifs is 1. The predicted molar refractivity (Wildman–Crippen MR) is 75.7 cm³/mol. The average molecular weight is 328 g/mol. The summed E-state index contributed by atoms with van der Waals surface area (Å²) in [7, 11) is 1.82. The Kier molecular flexibility index (Phi) is 3.45. The summed E-state index contributed by atoms with van der Waals surface area (Å²) in [5.74, 6) is 1.49. The lowest BCUT2D eigenvalue weighted by molar-refractivity contribution is 0.176. The van der Waals surface area contributed by atoms with Gasteiger partial charge >= 0.3 is 0 Å². The molecule has 4 nitrogen and oxygen atoms in total. The Balaban J connectivity index is 1.88. The molecule has 0 amide bonds. The SMILES string of the molecule is CNCC(O)c1cc2c(cc1Br)OCC1(CC1)CO2. The first-order valence-electron chi connectivity index (χ1n) is 6.55. The number of halogens is 1. The van der Waals surface area contributed by atoms with E-state index in [9.17, 15) is 5.11 Å². The lowest BCUT2D eigenvalue weighted by atomic mass is 10.1. The summed E-state index contributed by atoms with van der Waals surface area (Å²) in [5, 5.41) is 13.1. The fraction of sp³-hybridized carbons (Fsp3) is 0.571. The molecule has 0 saturated heterocycles. The van der Waals surface area contributed by atoms with Gasteiger partial charge in [0.1, 0.15) is 0 Å². The molecule has 1 aromatic carbocycles. The number of likely N-dealkylation sites (N-methyl/N-ethyl adjacent to an activating group) is 1. The van der Waals surface area contributed by atoms with Crippen molar-refractivity contribution in [1.82, 2.24) is 5.32 Å². The van der Waals surface area contributed by atoms with Gasteiger partial charge < -0.3 is 19.9 Å². The molecule has 1 aliphatic heterocycles. The lowest BCUT2D eigenvalue weighted by Gasteiger charge is -2.15. The second-order valence-electron chi connectivity index (χ2n) is 5.47. The number of rotatable bonds is 3. The van der Waals surface area contributed by atoms with Gasteiger partial charge in [0.05, 0.1) is 19.3 Å². The van der Waals surface area contributed by atoms with Crippen molar-refractivity contribution < 1.29 is 14.6 Å². The van der Waals surface area contributed by atoms with Crippen molar-refractivity contribution in [1.29, 1.82) is 0 Å². The summed E-state index contributed by atoms with van der Waals surface area (Å²) in [6.07, 6.45) is 1.79. The first-order chi connectivity index (χ1) is 9.13. The minimum Gasteiger partial charge on any atom is -0.489 e. The van der Waals surface area contributed by atoms with E-state index in [1.165, 1.54) is 12.8 Å². The molecule has 0 bridgehead atoms. The molecule has 104 valence electrons. The minimum atomic E-state index is -0.564. The standard InChI is InChI=1S/C14H18BrNO3/c1-16-6-11(17)9-4-12-13(5-10(9)15)19-8-14(2-3-14)7-18-12/h4-5,11,16-17H,2-3,6-8H2,1H3. The molecule has 1 aliphatic carbocycles. The van der Waals surface area contributed by atoms with Gasteiger partial charge in [0.2, 0.25) is 0 Å². The predicted octanol–water partition coefficient (Wildman–Crippen LogP) is 2.25. The van der Waals surface area contributed by atoms with Crippen LogP contribution in [0.25, 0.3) is 0 Å². The number of ether oxygens (including phenoxy) is 2. The highest BCUT2D eigenvalue weighted by Gasteiger charge is 2.46. The fourth-order valence-corrected chi connectivity index (χ4v) is 2.89. The third-order valence-electron chi connectivity index (χ3n) is 3.84. The molecule has 3 rings (SSSR count). The van der Waals surface area contributed by atoms with Gasteiger partial charge in [-0.25, -0.2) is 0 Å². The van der Waals surface area contributed by atoms with Gasteiger partial charge in [-0.15, -0.1) is 0 Å². The van der Waals surface area contributed by atoms with Crippen LogP contribution >= 0.6 is 15.9 Å². The van der Waals surface area contributed by atoms with Gasteiger partial charge in [-0.2, -0.15) is 0 Å². The van der Waals surface area contributed by atoms with Crippen LogP contribution in [0, 0.1) is 5.41 Å². The third-order valence-corrected chi connectivity index (χ3v) is 4.53. The minimum absolute atomic E-state index is 0.231. The third kappa shape index (κ3) is 2.59. The van der Waals surface area contributed by atoms with Crippen LogP contribution in [0.5, 0.6) is 11.5 Å². The van der Waals surface area contributed by atoms with E-state index in [0.717, 1.165) is 28.1 Å². The molecule has 1 saturated carbocycles. The topological polar surface area (TPSA) is 50.7 Å². The monoisotopic (exact) mass is 327 g/mol. The molecule has 0 radical (unpaired) electrons. The van der Waals surface area contributed by atoms with Crippen molar-refractivity contribution in [2.24, 2.45) is 5.41 Å². The van der Waals surface area contributed by atoms with E-state index in [1.807, 2.05) is 19.2 Å². The maximum atomic E-state index is 10.1. The van der Waals surface area contributed by atoms with E-state index in [0.29, 0.717) is 13.2 Å². The number of benzene rings is 1. The smallest absolute Gasteiger partial charge is 0.162 e. The normalized spacial score (nSPS) is 21.0. The first kappa shape index (κ1) is 13.2. The molecule has 1 unspecified atom stereocenters. The van der Waals surface area contributed by atoms with Crippen molar-refractivity contribution >= 4 is 15.9 Å². The van der Waals surface area contributed by atoms with E-state index >= 15 is 0 Å². The number of hydrogen-bond acceptors (Lipinski definition) is 4. The molecule has 5 heteroatoms. The molecule has 2 aliphatic rings. The van der Waals surface area contributed by atoms with Crippen LogP contribution in [0.1, 0.15) is 24.5 Å². The fourth-order valence-electron chi connectivity index (χ4n) is 2.30. The molecule has 2 N–H and O–H groups in total. The summed E-state index contributed by atoms with van der Waals surface area (Å²) in [5.41, 5.74) is 1.05. The van der Waals surface area contributed by atoms with E-state index in [4.69, 9.17) is 9.47 Å². The molecular weight excluding hydrogens is 310 g/mol. The molecule has 0 aromatic heterocycles. The number of nitrogens with one attached hydrogen (secondary N) is 1. The van der Waals surface area contributed by atoms with E-state index in [-0.39, 0.29) is 5.41 Å². The maximum Gasteiger partial charge on any atom is 0.162 e. The van der Waals surface area contributed by atoms with Crippen molar-refractivity contribution in [3.63, 3.8) is 0 Å². The Morgan fingerprint density at radius 2 is 1.95 bits per heavy atom. The van der Waals surface area contributed by atoms with Gasteiger partial charge in [0.25, 0.3) is 0 Å². The summed E-state index contributed by atoms with van der Waals surface area (Å²) in [6, 6.07) is 3.77. The quantitative estimate of drug-likeness (QED) is 0.894. The van der Waals surface area contributed by atoms with Crippen molar-refractivity contribution in [2.75, 3.05) is 26.8 Å². The van der Waals surface area contributed by atoms with Gasteiger partial charge in [-0.1, -0.05) is 15.9 Å². The average Bonchev–Trinajstić information content (AvgIpc) is 3.18. The second-order valence-corrected chi connectivity index (χ2v) is 6.33. The van der Waals surface area contributed by atoms with Crippen molar-refractivity contribution in [2.45, 2.75) is 18.9 Å². The zero-order chi connectivity index (χ0) is 13.5. The zero-order valence-corrected chi connectivity index (χ0v) is 12.5. The van der Waals surface area contributed by atoms with Gasteiger partial charge in [0.15, 0.2) is 11.5 Å². The Labute approximate surface area is 121 Å². The second kappa shape index (κ2) is 4.96. The first-order valence-corrected chi connectivity index (χ1v) is 7.35. The molecule has 1 aromatic rings. The van der Waals surface area contributed by atoms with Gasteiger partial charge in [-0.05, 0) is 37.6 Å². The lowest BCUT2D eigenvalue weighted by Crippen LogP contribution is -2.17. The van der Waals surface area contributed by atoms with Gasteiger partial charge in [-0.3, -0.25) is 0 Å². The van der Waals surface area contributed by atoms with Crippen LogP contribution in [0.3, 0.4) is 0 Å². The van der Waals surface area contributed by atoms with Crippen LogP contribution < -0.4 is 14.8 Å². The van der Waals surface area contributed by atoms with E-state index < -0.39 is 6.10 Å². The van der Waals surface area contributed by atoms with Crippen LogP contribution in [0.15, 0.2) is 16.6 Å². The molecule has 1 heterocycles. The highest BCUT2D eigenvalue weighted by molar-refractivity contribution is 9.10. The van der Waals surface area contributed by atoms with Crippen LogP contribution in [-0.2, 0) is 0 Å². The van der Waals surface area contributed by atoms with E-state index in [2.05, 4.69) is 21.2 Å². The van der Waals surface area contributed by atoms with Crippen molar-refractivity contribution in [3.8, 4) is 11.5 Å². The molecular formula is C14H18BrNO3. The molecule has 1 fully saturated rings. The van der Waals surface area contributed by atoms with Crippen LogP contribution in [0.2, 0.25) is 0 Å². The summed E-state index contributed by atoms with van der Waals surface area (Å²) >= 11 is 3.49. The summed E-state index contributed by atoms with van der Waals surface area (Å²) in [4.78, 5) is 0. The van der Waals surface area contributed by atoms with Crippen LogP contribution in [-0.4, -0.2) is 31.9 Å². The number of hydrogen-bond donors (Lipinski definition) is 2. The summed E-state index contributed by atoms with van der Waals surface area (Å²) in [6.45, 7) is 1.94. The Morgan fingerprint density at radius 3 is 2.53 bits per heavy atom. The Morgan fingerprint density at radius 1 is 1.32 bits per heavy atom. The number of aliphatic hydroxyl groups is 1. The molecule has 1 spiro atoms. The molecule has 19 heavy (non-hydrogen) atoms. The van der Waals surface area contributed by atoms with Crippen molar-refractivity contribution in [3.05, 3.63) is 22.2 Å². The van der Waals surface area contributed by atoms with Crippen LogP contribution in [0.4, 0.5) is 0 Å². The maximum absolute atomic E-state index is 10.1. The summed E-state index contributed by atoms with van der Waals surface area (Å²) < 4.78 is 12.6. The highest BCUT2D eigenvalue weighted by Crippen LogP contribution is 2.49. The Hall–Kier alpha value is -0.780. The highest BCUT2D eigenvalue weighted by atomic mass is 79.9. The number of aliphatic hydroxyl groups excluding tert-OH is 1. The molecule has 1 atom stereocenters. The van der Waals surface area contributed by atoms with Gasteiger partial charge in [0, 0.05) is 16.4 Å². The zero-order valence-electron chi connectivity index (χ0n) is 10.9. The largest absolute Gasteiger partial charge is 0.489 e. The van der Waals surface area contributed by atoms with E-state index in [1.54, 1.807) is 0 Å². The Bertz CT molecular complexity index is 488.